The van der Waals surface area contributed by atoms with Crippen LogP contribution in [0, 0.1) is 6.92 Å². The Balaban J connectivity index is 1.47. The molecule has 0 saturated heterocycles. The van der Waals surface area contributed by atoms with E-state index >= 15 is 0 Å². The molecule has 26 heavy (non-hydrogen) atoms. The molecule has 0 atom stereocenters. The van der Waals surface area contributed by atoms with Crippen LogP contribution in [0.3, 0.4) is 0 Å². The van der Waals surface area contributed by atoms with E-state index in [0.717, 1.165) is 5.69 Å². The molecule has 1 amide bonds. The van der Waals surface area contributed by atoms with E-state index in [1.165, 1.54) is 16.3 Å². The van der Waals surface area contributed by atoms with Gasteiger partial charge in [0, 0.05) is 24.5 Å². The van der Waals surface area contributed by atoms with Gasteiger partial charge in [-0.2, -0.15) is 0 Å². The van der Waals surface area contributed by atoms with Gasteiger partial charge in [0.05, 0.1) is 11.3 Å². The van der Waals surface area contributed by atoms with Gasteiger partial charge in [-0.1, -0.05) is 11.8 Å². The third-order valence-corrected chi connectivity index (χ3v) is 4.97. The molecule has 1 aliphatic rings. The van der Waals surface area contributed by atoms with E-state index in [-0.39, 0.29) is 24.0 Å². The number of carbonyl (C=O) groups excluding carboxylic acids is 1. The van der Waals surface area contributed by atoms with E-state index < -0.39 is 0 Å². The molecule has 0 radical (unpaired) electrons. The van der Waals surface area contributed by atoms with Crippen LogP contribution in [-0.4, -0.2) is 33.0 Å². The van der Waals surface area contributed by atoms with Crippen LogP contribution in [0.25, 0.3) is 11.0 Å². The Hall–Kier alpha value is -2.94. The summed E-state index contributed by atoms with van der Waals surface area (Å²) in [6, 6.07) is 7.03. The van der Waals surface area contributed by atoms with Gasteiger partial charge in [-0.15, -0.1) is 0 Å². The monoisotopic (exact) mass is 372 g/mol. The molecule has 8 nitrogen and oxygen atoms in total. The van der Waals surface area contributed by atoms with Gasteiger partial charge in [0.2, 0.25) is 12.7 Å². The van der Waals surface area contributed by atoms with Gasteiger partial charge in [-0.25, -0.2) is 4.98 Å². The molecule has 0 spiro atoms. The van der Waals surface area contributed by atoms with Crippen molar-refractivity contribution < 1.29 is 14.3 Å². The maximum Gasteiger partial charge on any atom is 0.278 e. The van der Waals surface area contributed by atoms with Crippen LogP contribution >= 0.6 is 11.8 Å². The molecule has 0 bridgehead atoms. The van der Waals surface area contributed by atoms with Crippen molar-refractivity contribution in [2.45, 2.75) is 12.1 Å². The van der Waals surface area contributed by atoms with Crippen LogP contribution in [0.15, 0.2) is 34.2 Å². The molecular formula is C17H16N4O4S. The Kier molecular flexibility index (Phi) is 4.08. The maximum atomic E-state index is 12.4. The number of aryl methyl sites for hydroxylation is 1. The van der Waals surface area contributed by atoms with Crippen molar-refractivity contribution in [3.63, 3.8) is 0 Å². The lowest BCUT2D eigenvalue weighted by Gasteiger charge is -2.08. The first-order chi connectivity index (χ1) is 12.5. The van der Waals surface area contributed by atoms with Gasteiger partial charge < -0.3 is 19.8 Å². The van der Waals surface area contributed by atoms with Crippen LogP contribution in [0.2, 0.25) is 0 Å². The number of aromatic nitrogens is 3. The molecule has 2 N–H and O–H groups in total. The Morgan fingerprint density at radius 2 is 2.15 bits per heavy atom. The van der Waals surface area contributed by atoms with Crippen LogP contribution in [0.1, 0.15) is 5.69 Å². The highest BCUT2D eigenvalue weighted by atomic mass is 32.2. The fraction of sp³-hybridized carbons (Fsp3) is 0.235. The number of hydrogen-bond donors (Lipinski definition) is 2. The second kappa shape index (κ2) is 6.41. The number of anilines is 1. The lowest BCUT2D eigenvalue weighted by molar-refractivity contribution is -0.113. The number of fused-ring (bicyclic) bond motifs is 2. The Morgan fingerprint density at radius 1 is 1.35 bits per heavy atom. The quantitative estimate of drug-likeness (QED) is 0.537. The zero-order chi connectivity index (χ0) is 18.3. The fourth-order valence-corrected chi connectivity index (χ4v) is 3.46. The molecular weight excluding hydrogens is 356 g/mol. The number of nitrogens with one attached hydrogen (secondary N) is 2. The van der Waals surface area contributed by atoms with Crippen LogP contribution in [0.5, 0.6) is 11.5 Å². The second-order valence-corrected chi connectivity index (χ2v) is 6.82. The number of carbonyl (C=O) groups is 1. The number of benzene rings is 1. The normalized spacial score (nSPS) is 12.5. The standard InChI is InChI=1S/C17H16N4O4S/c1-9-5-11-15(18-9)16(23)21(2)17(20-11)26-7-14(22)19-10-3-4-12-13(6-10)25-8-24-12/h3-6,18H,7-8H2,1-2H3,(H,19,22). The van der Waals surface area contributed by atoms with Gasteiger partial charge in [-0.05, 0) is 25.1 Å². The molecule has 1 aliphatic heterocycles. The summed E-state index contributed by atoms with van der Waals surface area (Å²) in [6.07, 6.45) is 0. The minimum atomic E-state index is -0.200. The van der Waals surface area contributed by atoms with E-state index in [0.29, 0.717) is 33.4 Å². The van der Waals surface area contributed by atoms with Crippen LogP contribution < -0.4 is 20.3 Å². The predicted octanol–water partition coefficient (Wildman–Crippen LogP) is 2.03. The Labute approximate surface area is 152 Å². The summed E-state index contributed by atoms with van der Waals surface area (Å²) in [6.45, 7) is 2.05. The van der Waals surface area contributed by atoms with E-state index in [2.05, 4.69) is 15.3 Å². The molecule has 0 aliphatic carbocycles. The van der Waals surface area contributed by atoms with Crippen molar-refractivity contribution in [1.82, 2.24) is 14.5 Å². The van der Waals surface area contributed by atoms with Crippen molar-refractivity contribution >= 4 is 34.4 Å². The molecule has 0 fully saturated rings. The maximum absolute atomic E-state index is 12.4. The molecule has 0 saturated carbocycles. The molecule has 1 aromatic carbocycles. The summed E-state index contributed by atoms with van der Waals surface area (Å²) in [7, 11) is 1.64. The Morgan fingerprint density at radius 3 is 3.00 bits per heavy atom. The minimum absolute atomic E-state index is 0.129. The van der Waals surface area contributed by atoms with Crippen LogP contribution in [0.4, 0.5) is 5.69 Å². The highest BCUT2D eigenvalue weighted by Crippen LogP contribution is 2.34. The number of nitrogens with zero attached hydrogens (tertiary/aromatic N) is 2. The first-order valence-electron chi connectivity index (χ1n) is 7.90. The topological polar surface area (TPSA) is 98.2 Å². The summed E-state index contributed by atoms with van der Waals surface area (Å²) in [5.74, 6) is 1.19. The Bertz CT molecular complexity index is 1070. The fourth-order valence-electron chi connectivity index (χ4n) is 2.69. The summed E-state index contributed by atoms with van der Waals surface area (Å²) in [4.78, 5) is 32.1. The number of amides is 1. The van der Waals surface area contributed by atoms with Crippen molar-refractivity contribution in [1.29, 1.82) is 0 Å². The average molecular weight is 372 g/mol. The second-order valence-electron chi connectivity index (χ2n) is 5.88. The summed E-state index contributed by atoms with van der Waals surface area (Å²) in [5, 5.41) is 3.29. The van der Waals surface area contributed by atoms with Gasteiger partial charge in [-0.3, -0.25) is 14.2 Å². The van der Waals surface area contributed by atoms with Crippen molar-refractivity contribution in [3.05, 3.63) is 40.3 Å². The first kappa shape index (κ1) is 16.5. The summed E-state index contributed by atoms with van der Waals surface area (Å²) in [5.41, 5.74) is 2.40. The summed E-state index contributed by atoms with van der Waals surface area (Å²) >= 11 is 1.21. The average Bonchev–Trinajstić information content (AvgIpc) is 3.22. The predicted molar refractivity (Wildman–Crippen MR) is 98.0 cm³/mol. The first-order valence-corrected chi connectivity index (χ1v) is 8.88. The van der Waals surface area contributed by atoms with E-state index in [4.69, 9.17) is 9.47 Å². The number of aromatic amines is 1. The molecule has 3 heterocycles. The zero-order valence-electron chi connectivity index (χ0n) is 14.2. The lowest BCUT2D eigenvalue weighted by Crippen LogP contribution is -2.21. The van der Waals surface area contributed by atoms with Gasteiger partial charge in [0.25, 0.3) is 5.56 Å². The van der Waals surface area contributed by atoms with Crippen molar-refractivity contribution in [2.24, 2.45) is 7.05 Å². The van der Waals surface area contributed by atoms with E-state index in [9.17, 15) is 9.59 Å². The third kappa shape index (κ3) is 3.01. The van der Waals surface area contributed by atoms with Gasteiger partial charge in [0.1, 0.15) is 5.52 Å². The molecule has 3 aromatic rings. The minimum Gasteiger partial charge on any atom is -0.454 e. The number of hydrogen-bond acceptors (Lipinski definition) is 6. The van der Waals surface area contributed by atoms with Crippen molar-refractivity contribution in [2.75, 3.05) is 17.9 Å². The molecule has 9 heteroatoms. The molecule has 134 valence electrons. The number of rotatable bonds is 4. The molecule has 4 rings (SSSR count). The highest BCUT2D eigenvalue weighted by Gasteiger charge is 2.15. The van der Waals surface area contributed by atoms with Crippen LogP contribution in [-0.2, 0) is 11.8 Å². The van der Waals surface area contributed by atoms with Gasteiger partial charge >= 0.3 is 0 Å². The van der Waals surface area contributed by atoms with E-state index in [1.807, 2.05) is 13.0 Å². The zero-order valence-corrected chi connectivity index (χ0v) is 15.0. The SMILES string of the molecule is Cc1cc2nc(SCC(=O)Nc3ccc4c(c3)OCO4)n(C)c(=O)c2[nH]1. The number of H-pyrrole nitrogens is 1. The largest absolute Gasteiger partial charge is 0.454 e. The van der Waals surface area contributed by atoms with E-state index in [1.54, 1.807) is 25.2 Å². The lowest BCUT2D eigenvalue weighted by atomic mass is 10.3. The summed E-state index contributed by atoms with van der Waals surface area (Å²) < 4.78 is 12.0. The molecule has 0 unspecified atom stereocenters. The third-order valence-electron chi connectivity index (χ3n) is 3.94. The highest BCUT2D eigenvalue weighted by molar-refractivity contribution is 7.99. The van der Waals surface area contributed by atoms with Gasteiger partial charge in [0.15, 0.2) is 16.7 Å². The molecule has 2 aromatic heterocycles. The smallest absolute Gasteiger partial charge is 0.278 e. The van der Waals surface area contributed by atoms with Crippen molar-refractivity contribution in [3.8, 4) is 11.5 Å². The number of thioether (sulfide) groups is 1. The number of ether oxygens (including phenoxy) is 2.